The van der Waals surface area contributed by atoms with Crippen molar-refractivity contribution in [1.82, 2.24) is 9.88 Å². The zero-order valence-corrected chi connectivity index (χ0v) is 21.1. The number of piperidine rings is 1. The third-order valence-corrected chi connectivity index (χ3v) is 8.10. The number of aliphatic hydroxyl groups excluding tert-OH is 2. The van der Waals surface area contributed by atoms with Crippen LogP contribution in [0.2, 0.25) is 5.02 Å². The molecule has 7 heteroatoms. The number of hydrogen-bond acceptors (Lipinski definition) is 6. The Morgan fingerprint density at radius 2 is 2.00 bits per heavy atom. The Morgan fingerprint density at radius 3 is 2.76 bits per heavy atom. The number of ether oxygens (including phenoxy) is 1. The Balaban J connectivity index is 1.29. The summed E-state index contributed by atoms with van der Waals surface area (Å²) in [6.07, 6.45) is 3.81. The van der Waals surface area contributed by atoms with Crippen LogP contribution in [0, 0.1) is 11.8 Å². The first-order valence-electron chi connectivity index (χ1n) is 11.9. The molecule has 1 aromatic heterocycles. The maximum atomic E-state index is 11.0. The first-order chi connectivity index (χ1) is 16.6. The minimum atomic E-state index is -0.564. The molecule has 0 aliphatic carbocycles. The van der Waals surface area contributed by atoms with E-state index in [1.165, 1.54) is 4.90 Å². The minimum absolute atomic E-state index is 0.191. The molecule has 1 aliphatic rings. The first kappa shape index (κ1) is 25.3. The van der Waals surface area contributed by atoms with E-state index in [0.717, 1.165) is 65.5 Å². The molecule has 0 radical (unpaired) electrons. The van der Waals surface area contributed by atoms with Gasteiger partial charge in [-0.25, -0.2) is 0 Å². The predicted molar refractivity (Wildman–Crippen MR) is 140 cm³/mol. The van der Waals surface area contributed by atoms with E-state index in [2.05, 4.69) is 22.0 Å². The molecule has 1 aliphatic heterocycles. The molecule has 0 unspecified atom stereocenters. The fourth-order valence-corrected chi connectivity index (χ4v) is 5.90. The van der Waals surface area contributed by atoms with Gasteiger partial charge in [-0.05, 0) is 91.7 Å². The van der Waals surface area contributed by atoms with Crippen LogP contribution in [0.1, 0.15) is 30.9 Å². The van der Waals surface area contributed by atoms with Gasteiger partial charge in [0.25, 0.3) is 0 Å². The predicted octanol–water partition coefficient (Wildman–Crippen LogP) is 5.43. The number of halogens is 1. The Kier molecular flexibility index (Phi) is 9.09. The topological polar surface area (TPSA) is 65.8 Å². The second-order valence-corrected chi connectivity index (χ2v) is 10.6. The normalized spacial score (nSPS) is 19.9. The van der Waals surface area contributed by atoms with E-state index in [-0.39, 0.29) is 12.5 Å². The average molecular weight is 501 g/mol. The Hall–Kier alpha value is -1.83. The second-order valence-electron chi connectivity index (χ2n) is 8.97. The van der Waals surface area contributed by atoms with Crippen molar-refractivity contribution >= 4 is 34.3 Å². The molecule has 0 bridgehead atoms. The van der Waals surface area contributed by atoms with Gasteiger partial charge in [-0.15, -0.1) is 11.8 Å². The monoisotopic (exact) mass is 500 g/mol. The Morgan fingerprint density at radius 1 is 1.18 bits per heavy atom. The SMILES string of the molecule is COc1ccc2nccc([C@@H](O)CC[C@@H]3CCN(CCSc4ccc(Cl)cc4)C[C@@H]3CO)c2c1. The van der Waals surface area contributed by atoms with Crippen LogP contribution < -0.4 is 4.74 Å². The summed E-state index contributed by atoms with van der Waals surface area (Å²) in [6, 6.07) is 15.6. The fraction of sp³-hybridized carbons (Fsp3) is 0.444. The molecule has 0 saturated carbocycles. The number of rotatable bonds is 10. The molecular formula is C27H33ClN2O3S. The Bertz CT molecular complexity index is 1070. The van der Waals surface area contributed by atoms with Crippen molar-refractivity contribution in [3.05, 3.63) is 65.3 Å². The van der Waals surface area contributed by atoms with Gasteiger partial charge < -0.3 is 19.8 Å². The molecule has 0 amide bonds. The van der Waals surface area contributed by atoms with Crippen molar-refractivity contribution in [2.75, 3.05) is 39.1 Å². The van der Waals surface area contributed by atoms with Crippen LogP contribution in [0.25, 0.3) is 10.9 Å². The molecule has 1 fully saturated rings. The molecule has 4 rings (SSSR count). The number of fused-ring (bicyclic) bond motifs is 1. The zero-order valence-electron chi connectivity index (χ0n) is 19.6. The largest absolute Gasteiger partial charge is 0.497 e. The van der Waals surface area contributed by atoms with Crippen LogP contribution in [0.15, 0.2) is 59.6 Å². The van der Waals surface area contributed by atoms with Crippen LogP contribution in [0.4, 0.5) is 0 Å². The summed E-state index contributed by atoms with van der Waals surface area (Å²) >= 11 is 7.80. The van der Waals surface area contributed by atoms with Gasteiger partial charge in [0.1, 0.15) is 5.75 Å². The molecule has 2 heterocycles. The van der Waals surface area contributed by atoms with Gasteiger partial charge in [0.2, 0.25) is 0 Å². The molecule has 2 N–H and O–H groups in total. The summed E-state index contributed by atoms with van der Waals surface area (Å²) in [7, 11) is 1.64. The number of aliphatic hydroxyl groups is 2. The van der Waals surface area contributed by atoms with Gasteiger partial charge in [-0.3, -0.25) is 4.98 Å². The molecule has 3 aromatic rings. The summed E-state index contributed by atoms with van der Waals surface area (Å²) in [5.41, 5.74) is 1.75. The fourth-order valence-electron chi connectivity index (χ4n) is 4.86. The summed E-state index contributed by atoms with van der Waals surface area (Å²) in [6.45, 7) is 3.14. The highest BCUT2D eigenvalue weighted by Gasteiger charge is 2.29. The van der Waals surface area contributed by atoms with Crippen LogP contribution in [0.3, 0.4) is 0 Å². The number of likely N-dealkylation sites (tertiary alicyclic amines) is 1. The lowest BCUT2D eigenvalue weighted by Crippen LogP contribution is -2.43. The molecule has 182 valence electrons. The number of methoxy groups -OCH3 is 1. The minimum Gasteiger partial charge on any atom is -0.497 e. The van der Waals surface area contributed by atoms with E-state index in [0.29, 0.717) is 12.3 Å². The number of nitrogens with zero attached hydrogens (tertiary/aromatic N) is 2. The third kappa shape index (κ3) is 6.43. The number of hydrogen-bond donors (Lipinski definition) is 2. The molecular weight excluding hydrogens is 468 g/mol. The van der Waals surface area contributed by atoms with E-state index in [9.17, 15) is 10.2 Å². The third-order valence-electron chi connectivity index (χ3n) is 6.85. The van der Waals surface area contributed by atoms with Crippen LogP contribution >= 0.6 is 23.4 Å². The van der Waals surface area contributed by atoms with Crippen molar-refractivity contribution in [2.45, 2.75) is 30.3 Å². The zero-order chi connectivity index (χ0) is 23.9. The van der Waals surface area contributed by atoms with E-state index in [4.69, 9.17) is 16.3 Å². The number of thioether (sulfide) groups is 1. The van der Waals surface area contributed by atoms with Gasteiger partial charge in [-0.2, -0.15) is 0 Å². The lowest BCUT2D eigenvalue weighted by molar-refractivity contribution is 0.0608. The van der Waals surface area contributed by atoms with Crippen molar-refractivity contribution in [2.24, 2.45) is 11.8 Å². The molecule has 2 aromatic carbocycles. The lowest BCUT2D eigenvalue weighted by Gasteiger charge is -2.38. The van der Waals surface area contributed by atoms with E-state index < -0.39 is 6.10 Å². The molecule has 34 heavy (non-hydrogen) atoms. The molecule has 0 spiro atoms. The van der Waals surface area contributed by atoms with Gasteiger partial charge in [0, 0.05) is 47.0 Å². The highest BCUT2D eigenvalue weighted by Crippen LogP contribution is 2.33. The van der Waals surface area contributed by atoms with Crippen LogP contribution in [-0.2, 0) is 0 Å². The first-order valence-corrected chi connectivity index (χ1v) is 13.3. The molecule has 3 atom stereocenters. The van der Waals surface area contributed by atoms with Gasteiger partial charge in [0.05, 0.1) is 18.7 Å². The van der Waals surface area contributed by atoms with E-state index in [1.807, 2.05) is 48.2 Å². The van der Waals surface area contributed by atoms with Gasteiger partial charge in [0.15, 0.2) is 0 Å². The average Bonchev–Trinajstić information content (AvgIpc) is 2.88. The van der Waals surface area contributed by atoms with Crippen LogP contribution in [0.5, 0.6) is 5.75 Å². The van der Waals surface area contributed by atoms with Crippen molar-refractivity contribution in [3.8, 4) is 5.75 Å². The maximum Gasteiger partial charge on any atom is 0.119 e. The van der Waals surface area contributed by atoms with E-state index >= 15 is 0 Å². The van der Waals surface area contributed by atoms with E-state index in [1.54, 1.807) is 13.3 Å². The molecule has 5 nitrogen and oxygen atoms in total. The number of aromatic nitrogens is 1. The second kappa shape index (κ2) is 12.2. The summed E-state index contributed by atoms with van der Waals surface area (Å²) in [5, 5.41) is 22.8. The number of benzene rings is 2. The quantitative estimate of drug-likeness (QED) is 0.362. The van der Waals surface area contributed by atoms with Crippen molar-refractivity contribution in [1.29, 1.82) is 0 Å². The van der Waals surface area contributed by atoms with Gasteiger partial charge in [-0.1, -0.05) is 11.6 Å². The smallest absolute Gasteiger partial charge is 0.119 e. The van der Waals surface area contributed by atoms with Crippen molar-refractivity contribution < 1.29 is 14.9 Å². The van der Waals surface area contributed by atoms with Gasteiger partial charge >= 0.3 is 0 Å². The standard InChI is InChI=1S/C27H33ClN2O3S/c1-33-22-5-8-26-25(16-22)24(10-12-29-26)27(32)9-2-19-11-13-30(17-20(19)18-31)14-15-34-23-6-3-21(28)4-7-23/h3-8,10,12,16,19-20,27,31-32H,2,9,11,13-15,17-18H2,1H3/t19-,20-,27+/m1/s1. The number of pyridine rings is 1. The summed E-state index contributed by atoms with van der Waals surface area (Å²) < 4.78 is 5.36. The summed E-state index contributed by atoms with van der Waals surface area (Å²) in [5.74, 6) is 2.44. The summed E-state index contributed by atoms with van der Waals surface area (Å²) in [4.78, 5) is 8.11. The molecule has 1 saturated heterocycles. The lowest BCUT2D eigenvalue weighted by atomic mass is 9.81. The highest BCUT2D eigenvalue weighted by atomic mass is 35.5. The Labute approximate surface area is 211 Å². The maximum absolute atomic E-state index is 11.0. The van der Waals surface area contributed by atoms with Crippen LogP contribution in [-0.4, -0.2) is 59.2 Å². The highest BCUT2D eigenvalue weighted by molar-refractivity contribution is 7.99. The van der Waals surface area contributed by atoms with Crippen molar-refractivity contribution in [3.63, 3.8) is 0 Å².